The van der Waals surface area contributed by atoms with Gasteiger partial charge in [0.1, 0.15) is 0 Å². The quantitative estimate of drug-likeness (QED) is 0.777. The predicted molar refractivity (Wildman–Crippen MR) is 64.2 cm³/mol. The van der Waals surface area contributed by atoms with Crippen LogP contribution in [0.1, 0.15) is 0 Å². The van der Waals surface area contributed by atoms with Crippen molar-refractivity contribution in [2.75, 3.05) is 17.2 Å². The Morgan fingerprint density at radius 2 is 1.94 bits per heavy atom. The maximum absolute atomic E-state index is 11.9. The highest BCUT2D eigenvalue weighted by Gasteiger charge is 2.29. The zero-order chi connectivity index (χ0) is 11.9. The molecule has 0 saturated heterocycles. The molecule has 2 heterocycles. The SMILES string of the molecule is O=S1(=O)CCN(c2ccco2)c2ccccc21. The number of rotatable bonds is 1. The third-order valence-electron chi connectivity index (χ3n) is 2.85. The van der Waals surface area contributed by atoms with E-state index in [-0.39, 0.29) is 5.75 Å². The van der Waals surface area contributed by atoms with Crippen LogP contribution in [0.2, 0.25) is 0 Å². The molecule has 2 aromatic rings. The van der Waals surface area contributed by atoms with Crippen molar-refractivity contribution >= 4 is 21.4 Å². The molecule has 0 spiro atoms. The van der Waals surface area contributed by atoms with Crippen molar-refractivity contribution in [2.45, 2.75) is 4.90 Å². The molecule has 0 radical (unpaired) electrons. The van der Waals surface area contributed by atoms with E-state index in [0.29, 0.717) is 23.0 Å². The molecule has 0 N–H and O–H groups in total. The van der Waals surface area contributed by atoms with Crippen molar-refractivity contribution in [1.82, 2.24) is 0 Å². The average molecular weight is 249 g/mol. The summed E-state index contributed by atoms with van der Waals surface area (Å²) in [6.45, 7) is 0.423. The molecular formula is C12H11NO3S. The minimum Gasteiger partial charge on any atom is -0.448 e. The summed E-state index contributed by atoms with van der Waals surface area (Å²) in [5, 5.41) is 0. The van der Waals surface area contributed by atoms with Gasteiger partial charge in [0, 0.05) is 12.6 Å². The van der Waals surface area contributed by atoms with Gasteiger partial charge in [-0.1, -0.05) is 12.1 Å². The van der Waals surface area contributed by atoms with Crippen LogP contribution in [0, 0.1) is 0 Å². The first kappa shape index (κ1) is 10.4. The molecule has 1 aliphatic rings. The second-order valence-electron chi connectivity index (χ2n) is 3.89. The van der Waals surface area contributed by atoms with Gasteiger partial charge in [0.2, 0.25) is 0 Å². The topological polar surface area (TPSA) is 50.5 Å². The van der Waals surface area contributed by atoms with Crippen LogP contribution in [0.3, 0.4) is 0 Å². The predicted octanol–water partition coefficient (Wildman–Crippen LogP) is 2.21. The van der Waals surface area contributed by atoms with E-state index in [2.05, 4.69) is 0 Å². The molecule has 17 heavy (non-hydrogen) atoms. The van der Waals surface area contributed by atoms with E-state index in [0.717, 1.165) is 0 Å². The van der Waals surface area contributed by atoms with Gasteiger partial charge in [-0.15, -0.1) is 0 Å². The summed E-state index contributed by atoms with van der Waals surface area (Å²) in [5.74, 6) is 0.789. The first-order valence-corrected chi connectivity index (χ1v) is 6.96. The Labute approximate surface area is 99.4 Å². The zero-order valence-corrected chi connectivity index (χ0v) is 9.85. The van der Waals surface area contributed by atoms with Gasteiger partial charge in [-0.3, -0.25) is 0 Å². The average Bonchev–Trinajstić information content (AvgIpc) is 2.83. The van der Waals surface area contributed by atoms with Gasteiger partial charge in [0.15, 0.2) is 15.7 Å². The molecule has 0 bridgehead atoms. The minimum atomic E-state index is -3.15. The number of hydrogen-bond acceptors (Lipinski definition) is 4. The van der Waals surface area contributed by atoms with Crippen LogP contribution in [0.4, 0.5) is 11.6 Å². The number of nitrogens with zero attached hydrogens (tertiary/aromatic N) is 1. The fourth-order valence-electron chi connectivity index (χ4n) is 2.04. The summed E-state index contributed by atoms with van der Waals surface area (Å²) in [7, 11) is -3.15. The van der Waals surface area contributed by atoms with Crippen molar-refractivity contribution in [1.29, 1.82) is 0 Å². The van der Waals surface area contributed by atoms with E-state index in [4.69, 9.17) is 4.42 Å². The van der Waals surface area contributed by atoms with Crippen molar-refractivity contribution in [3.63, 3.8) is 0 Å². The first-order valence-electron chi connectivity index (χ1n) is 5.31. The molecule has 1 aromatic heterocycles. The van der Waals surface area contributed by atoms with E-state index >= 15 is 0 Å². The van der Waals surface area contributed by atoms with Gasteiger partial charge in [-0.05, 0) is 18.2 Å². The molecule has 88 valence electrons. The van der Waals surface area contributed by atoms with Gasteiger partial charge in [0.25, 0.3) is 0 Å². The van der Waals surface area contributed by atoms with Crippen molar-refractivity contribution in [2.24, 2.45) is 0 Å². The van der Waals surface area contributed by atoms with Crippen molar-refractivity contribution in [3.05, 3.63) is 42.7 Å². The third kappa shape index (κ3) is 1.63. The lowest BCUT2D eigenvalue weighted by Gasteiger charge is -2.28. The summed E-state index contributed by atoms with van der Waals surface area (Å²) in [6.07, 6.45) is 1.58. The van der Waals surface area contributed by atoms with E-state index in [1.165, 1.54) is 0 Å². The van der Waals surface area contributed by atoms with E-state index < -0.39 is 9.84 Å². The molecule has 0 amide bonds. The Balaban J connectivity index is 2.18. The monoisotopic (exact) mass is 249 g/mol. The molecular weight excluding hydrogens is 238 g/mol. The maximum Gasteiger partial charge on any atom is 0.199 e. The Hall–Kier alpha value is -1.75. The summed E-state index contributed by atoms with van der Waals surface area (Å²) in [4.78, 5) is 2.26. The van der Waals surface area contributed by atoms with Gasteiger partial charge in [-0.2, -0.15) is 0 Å². The Morgan fingerprint density at radius 1 is 1.12 bits per heavy atom. The van der Waals surface area contributed by atoms with Crippen LogP contribution in [-0.4, -0.2) is 20.7 Å². The molecule has 1 aliphatic heterocycles. The van der Waals surface area contributed by atoms with Crippen molar-refractivity contribution < 1.29 is 12.8 Å². The summed E-state index contributed by atoms with van der Waals surface area (Å²) < 4.78 is 29.2. The molecule has 0 unspecified atom stereocenters. The van der Waals surface area contributed by atoms with Crippen LogP contribution in [-0.2, 0) is 9.84 Å². The molecule has 0 aliphatic carbocycles. The van der Waals surface area contributed by atoms with Crippen LogP contribution in [0.5, 0.6) is 0 Å². The van der Waals surface area contributed by atoms with Crippen molar-refractivity contribution in [3.8, 4) is 0 Å². The maximum atomic E-state index is 11.9. The van der Waals surface area contributed by atoms with Crippen LogP contribution < -0.4 is 4.90 Å². The normalized spacial score (nSPS) is 17.8. The number of hydrogen-bond donors (Lipinski definition) is 0. The summed E-state index contributed by atoms with van der Waals surface area (Å²) in [5.41, 5.74) is 0.689. The van der Waals surface area contributed by atoms with E-state index in [9.17, 15) is 8.42 Å². The lowest BCUT2D eigenvalue weighted by Crippen LogP contribution is -2.31. The van der Waals surface area contributed by atoms with Gasteiger partial charge >= 0.3 is 0 Å². The van der Waals surface area contributed by atoms with Gasteiger partial charge in [-0.25, -0.2) is 8.42 Å². The minimum absolute atomic E-state index is 0.116. The fourth-order valence-corrected chi connectivity index (χ4v) is 3.46. The Morgan fingerprint density at radius 3 is 2.71 bits per heavy atom. The standard InChI is InChI=1S/C12H11NO3S/c14-17(15)9-7-13(12-6-3-8-16-12)10-4-1-2-5-11(10)17/h1-6,8H,7,9H2. The number of furan rings is 1. The van der Waals surface area contributed by atoms with Crippen LogP contribution >= 0.6 is 0 Å². The number of para-hydroxylation sites is 1. The summed E-state index contributed by atoms with van der Waals surface area (Å²) in [6, 6.07) is 10.6. The number of sulfone groups is 1. The third-order valence-corrected chi connectivity index (χ3v) is 4.58. The second-order valence-corrected chi connectivity index (χ2v) is 5.97. The lowest BCUT2D eigenvalue weighted by molar-refractivity contribution is 0.557. The van der Waals surface area contributed by atoms with Crippen LogP contribution in [0.15, 0.2) is 52.0 Å². The number of anilines is 2. The fraction of sp³-hybridized carbons (Fsp3) is 0.167. The van der Waals surface area contributed by atoms with Gasteiger partial charge in [0.05, 0.1) is 22.6 Å². The van der Waals surface area contributed by atoms with Gasteiger partial charge < -0.3 is 9.32 Å². The number of benzene rings is 1. The smallest absolute Gasteiger partial charge is 0.199 e. The van der Waals surface area contributed by atoms with E-state index in [1.54, 1.807) is 30.5 Å². The van der Waals surface area contributed by atoms with Crippen LogP contribution in [0.25, 0.3) is 0 Å². The molecule has 5 heteroatoms. The highest BCUT2D eigenvalue weighted by atomic mass is 32.2. The Bertz CT molecular complexity index is 632. The Kier molecular flexibility index (Phi) is 2.22. The molecule has 0 atom stereocenters. The highest BCUT2D eigenvalue weighted by Crippen LogP contribution is 2.35. The zero-order valence-electron chi connectivity index (χ0n) is 9.04. The number of fused-ring (bicyclic) bond motifs is 1. The molecule has 4 nitrogen and oxygen atoms in total. The first-order chi connectivity index (χ1) is 8.18. The second kappa shape index (κ2) is 3.63. The highest BCUT2D eigenvalue weighted by molar-refractivity contribution is 7.91. The molecule has 0 saturated carbocycles. The molecule has 3 rings (SSSR count). The molecule has 1 aromatic carbocycles. The lowest BCUT2D eigenvalue weighted by atomic mass is 10.3. The van der Waals surface area contributed by atoms with E-state index in [1.807, 2.05) is 17.0 Å². The molecule has 0 fully saturated rings. The largest absolute Gasteiger partial charge is 0.448 e. The summed E-state index contributed by atoms with van der Waals surface area (Å²) >= 11 is 0.